The van der Waals surface area contributed by atoms with Gasteiger partial charge in [-0.1, -0.05) is 141 Å². The predicted octanol–water partition coefficient (Wildman–Crippen LogP) is 8.62. The number of ether oxygens (including phenoxy) is 3. The molecule has 57 heavy (non-hydrogen) atoms. The lowest BCUT2D eigenvalue weighted by Crippen LogP contribution is -2.67. The number of amides is 3. The molecule has 0 radical (unpaired) electrons. The number of aryl methyl sites for hydroxylation is 1. The maximum absolute atomic E-state index is 13.7. The van der Waals surface area contributed by atoms with Crippen LogP contribution in [0.5, 0.6) is 0 Å². The molecular weight excluding hydrogens is 723 g/mol. The first-order valence-corrected chi connectivity index (χ1v) is 22.4. The molecule has 0 aliphatic carbocycles. The lowest BCUT2D eigenvalue weighted by atomic mass is 9.95. The first-order valence-electron chi connectivity index (χ1n) is 22.4. The summed E-state index contributed by atoms with van der Waals surface area (Å²) in [4.78, 5) is 41.5. The van der Waals surface area contributed by atoms with Gasteiger partial charge in [0, 0.05) is 26.6 Å². The number of aliphatic hydroxyl groups excluding tert-OH is 2. The van der Waals surface area contributed by atoms with Crippen LogP contribution in [0.1, 0.15) is 169 Å². The second-order valence-corrected chi connectivity index (χ2v) is 17.6. The number of aliphatic hydroxyl groups is 2. The molecule has 1 fully saturated rings. The fraction of sp³-hybridized carbons (Fsp3) is 0.804. The van der Waals surface area contributed by atoms with Crippen molar-refractivity contribution in [3.8, 4) is 0 Å². The van der Waals surface area contributed by atoms with Crippen LogP contribution < -0.4 is 10.6 Å². The molecule has 2 rings (SSSR count). The van der Waals surface area contributed by atoms with Gasteiger partial charge in [0.1, 0.15) is 36.0 Å². The van der Waals surface area contributed by atoms with Crippen molar-refractivity contribution in [2.75, 3.05) is 20.2 Å². The smallest absolute Gasteiger partial charge is 0.408 e. The van der Waals surface area contributed by atoms with E-state index in [4.69, 9.17) is 14.2 Å². The van der Waals surface area contributed by atoms with E-state index in [-0.39, 0.29) is 18.4 Å². The van der Waals surface area contributed by atoms with Crippen LogP contribution >= 0.6 is 0 Å². The van der Waals surface area contributed by atoms with E-state index in [1.165, 1.54) is 89.7 Å². The summed E-state index contributed by atoms with van der Waals surface area (Å²) in [5, 5.41) is 28.1. The Labute approximate surface area is 345 Å². The highest BCUT2D eigenvalue weighted by Crippen LogP contribution is 2.24. The average molecular weight is 804 g/mol. The zero-order valence-electron chi connectivity index (χ0n) is 36.8. The summed E-state index contributed by atoms with van der Waals surface area (Å²) in [6, 6.07) is 8.18. The minimum atomic E-state index is -1.45. The van der Waals surface area contributed by atoms with Gasteiger partial charge in [-0.2, -0.15) is 0 Å². The summed E-state index contributed by atoms with van der Waals surface area (Å²) in [5.74, 6) is -0.501. The van der Waals surface area contributed by atoms with Gasteiger partial charge >= 0.3 is 6.09 Å². The third-order valence-electron chi connectivity index (χ3n) is 10.7. The Kier molecular flexibility index (Phi) is 25.3. The Morgan fingerprint density at radius 1 is 0.807 bits per heavy atom. The van der Waals surface area contributed by atoms with E-state index >= 15 is 0 Å². The van der Waals surface area contributed by atoms with E-state index in [0.29, 0.717) is 19.4 Å². The van der Waals surface area contributed by atoms with Gasteiger partial charge in [0.15, 0.2) is 6.29 Å². The molecular formula is C46H81N3O8. The molecule has 0 spiro atoms. The van der Waals surface area contributed by atoms with Gasteiger partial charge < -0.3 is 40.0 Å². The van der Waals surface area contributed by atoms with Gasteiger partial charge in [-0.15, -0.1) is 0 Å². The predicted molar refractivity (Wildman–Crippen MR) is 228 cm³/mol. The third kappa shape index (κ3) is 21.7. The molecule has 1 saturated heterocycles. The maximum atomic E-state index is 13.7. The molecule has 11 heteroatoms. The van der Waals surface area contributed by atoms with Crippen molar-refractivity contribution in [1.29, 1.82) is 0 Å². The number of unbranched alkanes of at least 4 members (excludes halogenated alkanes) is 15. The average Bonchev–Trinajstić information content (AvgIpc) is 3.16. The molecule has 1 aliphatic rings. The number of rotatable bonds is 29. The van der Waals surface area contributed by atoms with Crippen molar-refractivity contribution in [3.63, 3.8) is 0 Å². The fourth-order valence-electron chi connectivity index (χ4n) is 7.47. The van der Waals surface area contributed by atoms with E-state index < -0.39 is 54.3 Å². The highest BCUT2D eigenvalue weighted by molar-refractivity contribution is 5.86. The summed E-state index contributed by atoms with van der Waals surface area (Å²) in [7, 11) is 1.40. The molecule has 1 aromatic carbocycles. The largest absolute Gasteiger partial charge is 0.444 e. The van der Waals surface area contributed by atoms with E-state index in [1.807, 2.05) is 32.0 Å². The maximum Gasteiger partial charge on any atom is 0.408 e. The van der Waals surface area contributed by atoms with Gasteiger partial charge in [-0.3, -0.25) is 9.59 Å². The summed E-state index contributed by atoms with van der Waals surface area (Å²) >= 11 is 0. The molecule has 1 aliphatic heterocycles. The lowest BCUT2D eigenvalue weighted by Gasteiger charge is -2.44. The quantitative estimate of drug-likeness (QED) is 0.0589. The topological polar surface area (TPSA) is 147 Å². The molecule has 4 N–H and O–H groups in total. The van der Waals surface area contributed by atoms with Crippen molar-refractivity contribution in [2.45, 2.75) is 212 Å². The Morgan fingerprint density at radius 2 is 1.37 bits per heavy atom. The van der Waals surface area contributed by atoms with Crippen molar-refractivity contribution in [3.05, 3.63) is 35.9 Å². The molecule has 0 aromatic heterocycles. The normalized spacial score (nSPS) is 20.3. The fourth-order valence-corrected chi connectivity index (χ4v) is 7.47. The Morgan fingerprint density at radius 3 is 1.89 bits per heavy atom. The van der Waals surface area contributed by atoms with E-state index in [1.54, 1.807) is 25.7 Å². The van der Waals surface area contributed by atoms with Crippen LogP contribution in [0.25, 0.3) is 0 Å². The number of benzene rings is 1. The number of nitrogens with zero attached hydrogens (tertiary/aromatic N) is 1. The first kappa shape index (κ1) is 50.4. The minimum absolute atomic E-state index is 0.00355. The summed E-state index contributed by atoms with van der Waals surface area (Å²) in [6.45, 7) is 11.9. The third-order valence-corrected chi connectivity index (χ3v) is 10.7. The molecule has 3 amide bonds. The number of carbonyl (C=O) groups is 3. The number of hydrogen-bond donors (Lipinski definition) is 4. The Hall–Kier alpha value is -2.73. The Bertz CT molecular complexity index is 1220. The van der Waals surface area contributed by atoms with Crippen LogP contribution in [0.2, 0.25) is 0 Å². The second kappa shape index (κ2) is 28.7. The van der Waals surface area contributed by atoms with Gasteiger partial charge in [0.05, 0.1) is 0 Å². The standard InChI is InChI=1S/C46H81N3O8/c1-8-9-10-11-12-13-14-15-16-17-18-19-20-21-25-31-39(50)49(32-27-26-30-36-28-23-22-24-29-36)34-38-41(51)42(52)40(44(55-7)56-38)48-43(53)37(33-35(2)3)47-45(54)57-46(4,5)6/h22-24,28-29,35,37-38,40-42,44,51-52H,8-21,25-27,30-34H2,1-7H3,(H,47,54)(H,48,53)/t37-,38+,40+,41+,42+,44-/m0/s1. The van der Waals surface area contributed by atoms with Crippen LogP contribution in [0, 0.1) is 5.92 Å². The van der Waals surface area contributed by atoms with Gasteiger partial charge in [0.25, 0.3) is 0 Å². The zero-order chi connectivity index (χ0) is 42.1. The van der Waals surface area contributed by atoms with Crippen molar-refractivity contribution >= 4 is 17.9 Å². The highest BCUT2D eigenvalue weighted by Gasteiger charge is 2.47. The van der Waals surface area contributed by atoms with Crippen molar-refractivity contribution in [2.24, 2.45) is 5.92 Å². The van der Waals surface area contributed by atoms with E-state index in [0.717, 1.165) is 38.5 Å². The molecule has 1 heterocycles. The van der Waals surface area contributed by atoms with Crippen LogP contribution in [0.3, 0.4) is 0 Å². The number of carbonyl (C=O) groups excluding carboxylic acids is 3. The molecule has 0 unspecified atom stereocenters. The molecule has 11 nitrogen and oxygen atoms in total. The molecule has 0 bridgehead atoms. The molecule has 6 atom stereocenters. The molecule has 1 aromatic rings. The number of nitrogens with one attached hydrogen (secondary N) is 2. The minimum Gasteiger partial charge on any atom is -0.444 e. The van der Waals surface area contributed by atoms with Gasteiger partial charge in [0.2, 0.25) is 11.8 Å². The van der Waals surface area contributed by atoms with Crippen molar-refractivity contribution < 1.29 is 38.8 Å². The van der Waals surface area contributed by atoms with Crippen LogP contribution in [0.15, 0.2) is 30.3 Å². The number of hydrogen-bond acceptors (Lipinski definition) is 8. The number of alkyl carbamates (subject to hydrolysis) is 1. The van der Waals surface area contributed by atoms with Crippen molar-refractivity contribution in [1.82, 2.24) is 15.5 Å². The zero-order valence-corrected chi connectivity index (χ0v) is 36.8. The second-order valence-electron chi connectivity index (χ2n) is 17.6. The van der Waals surface area contributed by atoms with Gasteiger partial charge in [-0.05, 0) is 64.4 Å². The first-order chi connectivity index (χ1) is 27.2. The molecule has 0 saturated carbocycles. The van der Waals surface area contributed by atoms with E-state index in [2.05, 4.69) is 29.7 Å². The summed E-state index contributed by atoms with van der Waals surface area (Å²) < 4.78 is 17.1. The van der Waals surface area contributed by atoms with Gasteiger partial charge in [-0.25, -0.2) is 4.79 Å². The summed E-state index contributed by atoms with van der Waals surface area (Å²) in [6.07, 6.45) is 16.5. The van der Waals surface area contributed by atoms with Crippen LogP contribution in [-0.4, -0.2) is 95.5 Å². The SMILES string of the molecule is CCCCCCCCCCCCCCCCCC(=O)N(CCCCc1ccccc1)C[C@H]1O[C@H](OC)[C@H](NC(=O)[C@H](CC(C)C)NC(=O)OC(C)(C)C)[C@@H](O)[C@@H]1O. The number of methoxy groups -OCH3 is 1. The Balaban J connectivity index is 1.94. The van der Waals surface area contributed by atoms with Crippen LogP contribution in [0.4, 0.5) is 4.79 Å². The monoisotopic (exact) mass is 804 g/mol. The molecule has 328 valence electrons. The van der Waals surface area contributed by atoms with Crippen LogP contribution in [-0.2, 0) is 30.2 Å². The van der Waals surface area contributed by atoms with E-state index in [9.17, 15) is 24.6 Å². The highest BCUT2D eigenvalue weighted by atomic mass is 16.7. The lowest BCUT2D eigenvalue weighted by molar-refractivity contribution is -0.259. The summed E-state index contributed by atoms with van der Waals surface area (Å²) in [5.41, 5.74) is 0.495.